The Bertz CT molecular complexity index is 610. The van der Waals surface area contributed by atoms with Gasteiger partial charge in [0.15, 0.2) is 0 Å². The number of ether oxygens (including phenoxy) is 1. The standard InChI is InChI=1S/C16H23N3O4/c1-16(2,3)23-14(20)17-12-6-5-11-10-19(15(21)22)8-7-18(4)13(11)9-12/h5-6,9H,7-8,10H2,1-4H3,(H,17,20)(H,21,22). The van der Waals surface area contributed by atoms with Gasteiger partial charge in [0, 0.05) is 31.5 Å². The SMILES string of the molecule is CN1CCN(C(=O)O)Cc2ccc(NC(=O)OC(C)(C)C)cc21. The first kappa shape index (κ1) is 16.9. The highest BCUT2D eigenvalue weighted by atomic mass is 16.6. The summed E-state index contributed by atoms with van der Waals surface area (Å²) < 4.78 is 5.24. The molecule has 1 aromatic rings. The highest BCUT2D eigenvalue weighted by Gasteiger charge is 2.22. The number of nitrogens with zero attached hydrogens (tertiary/aromatic N) is 2. The van der Waals surface area contributed by atoms with Gasteiger partial charge < -0.3 is 19.6 Å². The molecule has 7 nitrogen and oxygen atoms in total. The molecule has 0 radical (unpaired) electrons. The summed E-state index contributed by atoms with van der Waals surface area (Å²) in [6, 6.07) is 5.42. The summed E-state index contributed by atoms with van der Waals surface area (Å²) in [5, 5.41) is 11.9. The molecule has 0 aromatic heterocycles. The van der Waals surface area contributed by atoms with Crippen molar-refractivity contribution in [1.29, 1.82) is 0 Å². The molecule has 1 aliphatic heterocycles. The maximum Gasteiger partial charge on any atom is 0.412 e. The third-order valence-corrected chi connectivity index (χ3v) is 3.48. The van der Waals surface area contributed by atoms with Crippen LogP contribution < -0.4 is 10.2 Å². The molecule has 0 saturated heterocycles. The van der Waals surface area contributed by atoms with Gasteiger partial charge >= 0.3 is 12.2 Å². The summed E-state index contributed by atoms with van der Waals surface area (Å²) >= 11 is 0. The van der Waals surface area contributed by atoms with Gasteiger partial charge in [0.1, 0.15) is 5.60 Å². The third-order valence-electron chi connectivity index (χ3n) is 3.48. The lowest BCUT2D eigenvalue weighted by atomic mass is 10.1. The van der Waals surface area contributed by atoms with Crippen molar-refractivity contribution in [2.45, 2.75) is 32.9 Å². The fraction of sp³-hybridized carbons (Fsp3) is 0.500. The number of anilines is 2. The van der Waals surface area contributed by atoms with E-state index in [1.165, 1.54) is 4.90 Å². The molecule has 0 bridgehead atoms. The van der Waals surface area contributed by atoms with Gasteiger partial charge in [-0.15, -0.1) is 0 Å². The summed E-state index contributed by atoms with van der Waals surface area (Å²) in [7, 11) is 1.90. The van der Waals surface area contributed by atoms with Crippen LogP contribution in [0.3, 0.4) is 0 Å². The monoisotopic (exact) mass is 321 g/mol. The first-order valence-corrected chi connectivity index (χ1v) is 7.47. The van der Waals surface area contributed by atoms with Gasteiger partial charge in [-0.2, -0.15) is 0 Å². The summed E-state index contributed by atoms with van der Waals surface area (Å²) in [5.74, 6) is 0. The minimum atomic E-state index is -0.929. The van der Waals surface area contributed by atoms with E-state index in [9.17, 15) is 14.7 Å². The Morgan fingerprint density at radius 3 is 2.57 bits per heavy atom. The average Bonchev–Trinajstić information content (AvgIpc) is 2.57. The summed E-state index contributed by atoms with van der Waals surface area (Å²) in [6.45, 7) is 6.78. The van der Waals surface area contributed by atoms with Gasteiger partial charge in [-0.05, 0) is 38.5 Å². The third kappa shape index (κ3) is 4.51. The van der Waals surface area contributed by atoms with Gasteiger partial charge in [0.05, 0.1) is 6.54 Å². The van der Waals surface area contributed by atoms with Crippen LogP contribution >= 0.6 is 0 Å². The normalized spacial score (nSPS) is 14.8. The van der Waals surface area contributed by atoms with E-state index in [2.05, 4.69) is 5.32 Å². The molecule has 0 fully saturated rings. The number of likely N-dealkylation sites (N-methyl/N-ethyl adjacent to an activating group) is 1. The minimum absolute atomic E-state index is 0.335. The summed E-state index contributed by atoms with van der Waals surface area (Å²) in [4.78, 5) is 26.4. The predicted octanol–water partition coefficient (Wildman–Crippen LogP) is 2.96. The Morgan fingerprint density at radius 2 is 1.96 bits per heavy atom. The zero-order valence-corrected chi connectivity index (χ0v) is 13.9. The van der Waals surface area contributed by atoms with Crippen LogP contribution in [0.5, 0.6) is 0 Å². The number of hydrogen-bond donors (Lipinski definition) is 2. The van der Waals surface area contributed by atoms with Crippen LogP contribution in [0.25, 0.3) is 0 Å². The topological polar surface area (TPSA) is 82.1 Å². The lowest BCUT2D eigenvalue weighted by Gasteiger charge is -2.21. The van der Waals surface area contributed by atoms with Crippen LogP contribution in [0.2, 0.25) is 0 Å². The van der Waals surface area contributed by atoms with Crippen molar-refractivity contribution in [2.24, 2.45) is 0 Å². The van der Waals surface area contributed by atoms with Gasteiger partial charge in [-0.3, -0.25) is 5.32 Å². The van der Waals surface area contributed by atoms with E-state index in [1.54, 1.807) is 26.8 Å². The minimum Gasteiger partial charge on any atom is -0.465 e. The molecule has 0 spiro atoms. The van der Waals surface area contributed by atoms with Crippen molar-refractivity contribution >= 4 is 23.6 Å². The van der Waals surface area contributed by atoms with Crippen molar-refractivity contribution < 1.29 is 19.4 Å². The maximum absolute atomic E-state index is 11.9. The average molecular weight is 321 g/mol. The van der Waals surface area contributed by atoms with Crippen molar-refractivity contribution in [3.05, 3.63) is 23.8 Å². The molecular formula is C16H23N3O4. The molecular weight excluding hydrogens is 298 g/mol. The highest BCUT2D eigenvalue weighted by Crippen LogP contribution is 2.28. The molecule has 1 aromatic carbocycles. The van der Waals surface area contributed by atoms with Crippen molar-refractivity contribution in [3.63, 3.8) is 0 Å². The molecule has 1 heterocycles. The van der Waals surface area contributed by atoms with Crippen molar-refractivity contribution in [2.75, 3.05) is 30.4 Å². The fourth-order valence-electron chi connectivity index (χ4n) is 2.39. The number of carbonyl (C=O) groups is 2. The highest BCUT2D eigenvalue weighted by molar-refractivity contribution is 5.86. The quantitative estimate of drug-likeness (QED) is 0.831. The molecule has 7 heteroatoms. The van der Waals surface area contributed by atoms with Gasteiger partial charge in [0.2, 0.25) is 0 Å². The fourth-order valence-corrected chi connectivity index (χ4v) is 2.39. The lowest BCUT2D eigenvalue weighted by molar-refractivity contribution is 0.0636. The van der Waals surface area contributed by atoms with Crippen LogP contribution in [0.15, 0.2) is 18.2 Å². The molecule has 23 heavy (non-hydrogen) atoms. The number of benzene rings is 1. The van der Waals surface area contributed by atoms with Crippen LogP contribution in [0, 0.1) is 0 Å². The van der Waals surface area contributed by atoms with E-state index in [-0.39, 0.29) is 0 Å². The second kappa shape index (κ2) is 6.36. The second-order valence-corrected chi connectivity index (χ2v) is 6.60. The Kier molecular flexibility index (Phi) is 4.68. The van der Waals surface area contributed by atoms with Gasteiger partial charge in [-0.1, -0.05) is 6.07 Å². The van der Waals surface area contributed by atoms with E-state index in [1.807, 2.05) is 24.1 Å². The van der Waals surface area contributed by atoms with Crippen molar-refractivity contribution in [1.82, 2.24) is 4.90 Å². The first-order chi connectivity index (χ1) is 10.7. The lowest BCUT2D eigenvalue weighted by Crippen LogP contribution is -2.33. The number of amides is 2. The Morgan fingerprint density at radius 1 is 1.26 bits per heavy atom. The summed E-state index contributed by atoms with van der Waals surface area (Å²) in [6.07, 6.45) is -1.44. The molecule has 2 amide bonds. The largest absolute Gasteiger partial charge is 0.465 e. The smallest absolute Gasteiger partial charge is 0.412 e. The molecule has 2 rings (SSSR count). The van der Waals surface area contributed by atoms with Crippen LogP contribution in [-0.4, -0.2) is 47.9 Å². The van der Waals surface area contributed by atoms with Gasteiger partial charge in [0.25, 0.3) is 0 Å². The number of nitrogens with one attached hydrogen (secondary N) is 1. The number of carboxylic acid groups (broad SMARTS) is 1. The molecule has 2 N–H and O–H groups in total. The predicted molar refractivity (Wildman–Crippen MR) is 88.0 cm³/mol. The van der Waals surface area contributed by atoms with Crippen LogP contribution in [0.1, 0.15) is 26.3 Å². The van der Waals surface area contributed by atoms with E-state index in [0.29, 0.717) is 25.3 Å². The first-order valence-electron chi connectivity index (χ1n) is 7.47. The molecule has 0 aliphatic carbocycles. The van der Waals surface area contributed by atoms with Crippen LogP contribution in [0.4, 0.5) is 21.0 Å². The molecule has 126 valence electrons. The number of carbonyl (C=O) groups excluding carboxylic acids is 1. The molecule has 0 saturated carbocycles. The van der Waals surface area contributed by atoms with E-state index in [0.717, 1.165) is 11.3 Å². The number of fused-ring (bicyclic) bond motifs is 1. The maximum atomic E-state index is 11.9. The van der Waals surface area contributed by atoms with Gasteiger partial charge in [-0.25, -0.2) is 9.59 Å². The van der Waals surface area contributed by atoms with Crippen LogP contribution in [-0.2, 0) is 11.3 Å². The second-order valence-electron chi connectivity index (χ2n) is 6.60. The van der Waals surface area contributed by atoms with E-state index < -0.39 is 17.8 Å². The molecule has 0 atom stereocenters. The number of hydrogen-bond acceptors (Lipinski definition) is 4. The Balaban J connectivity index is 2.18. The van der Waals surface area contributed by atoms with E-state index in [4.69, 9.17) is 4.74 Å². The summed E-state index contributed by atoms with van der Waals surface area (Å²) in [5.41, 5.74) is 1.87. The zero-order valence-electron chi connectivity index (χ0n) is 13.9. The van der Waals surface area contributed by atoms with Crippen molar-refractivity contribution in [3.8, 4) is 0 Å². The Labute approximate surface area is 135 Å². The number of rotatable bonds is 1. The molecule has 1 aliphatic rings. The Hall–Kier alpha value is -2.44. The van der Waals surface area contributed by atoms with E-state index >= 15 is 0 Å². The molecule has 0 unspecified atom stereocenters. The zero-order chi connectivity index (χ0) is 17.2.